The highest BCUT2D eigenvalue weighted by Gasteiger charge is 2.15. The van der Waals surface area contributed by atoms with Gasteiger partial charge in [0.1, 0.15) is 0 Å². The van der Waals surface area contributed by atoms with Gasteiger partial charge >= 0.3 is 0 Å². The molecular weight excluding hydrogens is 286 g/mol. The van der Waals surface area contributed by atoms with Gasteiger partial charge in [0.2, 0.25) is 0 Å². The van der Waals surface area contributed by atoms with Gasteiger partial charge in [0.15, 0.2) is 0 Å². The Morgan fingerprint density at radius 1 is 1.41 bits per heavy atom. The molecule has 1 heterocycles. The zero-order valence-electron chi connectivity index (χ0n) is 9.35. The average molecular weight is 296 g/mol. The predicted molar refractivity (Wildman–Crippen MR) is 67.4 cm³/mol. The van der Waals surface area contributed by atoms with E-state index >= 15 is 0 Å². The largest absolute Gasteiger partial charge is 0.273 e. The van der Waals surface area contributed by atoms with Crippen LogP contribution in [0.2, 0.25) is 0 Å². The minimum atomic E-state index is -0.391. The summed E-state index contributed by atoms with van der Waals surface area (Å²) in [5, 5.41) is 15.1. The van der Waals surface area contributed by atoms with E-state index in [0.717, 1.165) is 11.4 Å². The summed E-state index contributed by atoms with van der Waals surface area (Å²) in [6.07, 6.45) is 1.82. The Kier molecular flexibility index (Phi) is 2.97. The Bertz CT molecular complexity index is 592. The smallest absolute Gasteiger partial charge is 0.258 e. The van der Waals surface area contributed by atoms with Gasteiger partial charge in [-0.25, -0.2) is 4.68 Å². The second kappa shape index (κ2) is 4.29. The zero-order chi connectivity index (χ0) is 12.6. The summed E-state index contributed by atoms with van der Waals surface area (Å²) in [7, 11) is 0. The number of nitro groups is 1. The minimum Gasteiger partial charge on any atom is -0.258 e. The third-order valence-electron chi connectivity index (χ3n) is 2.43. The maximum Gasteiger partial charge on any atom is 0.273 e. The molecule has 0 fully saturated rings. The molecule has 2 rings (SSSR count). The molecular formula is C11H10BrN3O2. The van der Waals surface area contributed by atoms with E-state index in [1.54, 1.807) is 17.7 Å². The molecule has 0 saturated heterocycles. The summed E-state index contributed by atoms with van der Waals surface area (Å²) in [6.45, 7) is 3.60. The molecule has 0 saturated carbocycles. The number of nitrogens with zero attached hydrogens (tertiary/aromatic N) is 3. The fraction of sp³-hybridized carbons (Fsp3) is 0.182. The van der Waals surface area contributed by atoms with Gasteiger partial charge in [-0.2, -0.15) is 5.10 Å². The molecule has 0 spiro atoms. The van der Waals surface area contributed by atoms with Crippen molar-refractivity contribution in [3.05, 3.63) is 50.2 Å². The Morgan fingerprint density at radius 3 is 2.65 bits per heavy atom. The lowest BCUT2D eigenvalue weighted by molar-refractivity contribution is -0.385. The van der Waals surface area contributed by atoms with Crippen LogP contribution in [0.15, 0.2) is 28.9 Å². The Balaban J connectivity index is 2.57. The molecule has 0 amide bonds. The molecule has 6 heteroatoms. The quantitative estimate of drug-likeness (QED) is 0.631. The molecule has 0 unspecified atom stereocenters. The van der Waals surface area contributed by atoms with Crippen LogP contribution in [-0.2, 0) is 0 Å². The average Bonchev–Trinajstić information content (AvgIpc) is 2.67. The second-order valence-corrected chi connectivity index (χ2v) is 4.60. The maximum atomic E-state index is 10.8. The summed E-state index contributed by atoms with van der Waals surface area (Å²) in [5.74, 6) is 0. The normalized spacial score (nSPS) is 10.5. The third-order valence-corrected chi connectivity index (χ3v) is 3.07. The summed E-state index contributed by atoms with van der Waals surface area (Å²) < 4.78 is 2.34. The molecule has 0 aliphatic carbocycles. The molecule has 0 N–H and O–H groups in total. The SMILES string of the molecule is Cc1ccn(-c2cc(C)c([N+](=O)[O-])cc2Br)n1. The highest BCUT2D eigenvalue weighted by atomic mass is 79.9. The van der Waals surface area contributed by atoms with Crippen LogP contribution < -0.4 is 0 Å². The van der Waals surface area contributed by atoms with E-state index in [1.807, 2.05) is 19.2 Å². The molecule has 1 aromatic carbocycles. The van der Waals surface area contributed by atoms with Crippen LogP contribution in [0.5, 0.6) is 0 Å². The van der Waals surface area contributed by atoms with Crippen LogP contribution in [0.25, 0.3) is 5.69 Å². The van der Waals surface area contributed by atoms with Crippen LogP contribution >= 0.6 is 15.9 Å². The van der Waals surface area contributed by atoms with Gasteiger partial charge in [0.05, 0.1) is 20.8 Å². The zero-order valence-corrected chi connectivity index (χ0v) is 10.9. The summed E-state index contributed by atoms with van der Waals surface area (Å²) in [6, 6.07) is 5.12. The number of benzene rings is 1. The van der Waals surface area contributed by atoms with E-state index < -0.39 is 4.92 Å². The maximum absolute atomic E-state index is 10.8. The lowest BCUT2D eigenvalue weighted by Crippen LogP contribution is -1.99. The van der Waals surface area contributed by atoms with E-state index in [0.29, 0.717) is 10.0 Å². The number of hydrogen-bond acceptors (Lipinski definition) is 3. The molecule has 17 heavy (non-hydrogen) atoms. The molecule has 5 nitrogen and oxygen atoms in total. The Labute approximate surface area is 106 Å². The van der Waals surface area contributed by atoms with Crippen molar-refractivity contribution < 1.29 is 4.92 Å². The monoisotopic (exact) mass is 295 g/mol. The summed E-state index contributed by atoms with van der Waals surface area (Å²) >= 11 is 3.33. The van der Waals surface area contributed by atoms with E-state index in [4.69, 9.17) is 0 Å². The van der Waals surface area contributed by atoms with E-state index in [2.05, 4.69) is 21.0 Å². The van der Waals surface area contributed by atoms with Crippen molar-refractivity contribution in [2.45, 2.75) is 13.8 Å². The summed E-state index contributed by atoms with van der Waals surface area (Å²) in [4.78, 5) is 10.4. The summed E-state index contributed by atoms with van der Waals surface area (Å²) in [5.41, 5.74) is 2.40. The van der Waals surface area contributed by atoms with Crippen LogP contribution in [0.1, 0.15) is 11.3 Å². The number of halogens is 1. The molecule has 1 aromatic heterocycles. The number of aromatic nitrogens is 2. The lowest BCUT2D eigenvalue weighted by atomic mass is 10.2. The van der Waals surface area contributed by atoms with Crippen molar-refractivity contribution >= 4 is 21.6 Å². The van der Waals surface area contributed by atoms with Crippen molar-refractivity contribution in [3.8, 4) is 5.69 Å². The number of nitro benzene ring substituents is 1. The second-order valence-electron chi connectivity index (χ2n) is 3.75. The molecule has 0 aliphatic rings. The van der Waals surface area contributed by atoms with Crippen LogP contribution in [0.3, 0.4) is 0 Å². The topological polar surface area (TPSA) is 61.0 Å². The van der Waals surface area contributed by atoms with E-state index in [1.165, 1.54) is 6.07 Å². The van der Waals surface area contributed by atoms with Crippen molar-refractivity contribution in [1.29, 1.82) is 0 Å². The fourth-order valence-corrected chi connectivity index (χ4v) is 2.09. The van der Waals surface area contributed by atoms with Gasteiger partial charge < -0.3 is 0 Å². The molecule has 0 aliphatic heterocycles. The van der Waals surface area contributed by atoms with Crippen LogP contribution in [0, 0.1) is 24.0 Å². The van der Waals surface area contributed by atoms with Crippen molar-refractivity contribution in [3.63, 3.8) is 0 Å². The minimum absolute atomic E-state index is 0.101. The Morgan fingerprint density at radius 2 is 2.12 bits per heavy atom. The molecule has 0 radical (unpaired) electrons. The first kappa shape index (κ1) is 11.8. The Hall–Kier alpha value is -1.69. The highest BCUT2D eigenvalue weighted by molar-refractivity contribution is 9.10. The van der Waals surface area contributed by atoms with Crippen molar-refractivity contribution in [2.24, 2.45) is 0 Å². The molecule has 0 bridgehead atoms. The van der Waals surface area contributed by atoms with Gasteiger partial charge in [-0.1, -0.05) is 0 Å². The first-order chi connectivity index (χ1) is 7.99. The first-order valence-electron chi connectivity index (χ1n) is 4.96. The number of aryl methyl sites for hydroxylation is 2. The standard InChI is InChI=1S/C11H10BrN3O2/c1-7-5-11(14-4-3-8(2)13-14)9(12)6-10(7)15(16)17/h3-6H,1-2H3. The van der Waals surface area contributed by atoms with Crippen molar-refractivity contribution in [1.82, 2.24) is 9.78 Å². The third kappa shape index (κ3) is 2.21. The lowest BCUT2D eigenvalue weighted by Gasteiger charge is -2.06. The first-order valence-corrected chi connectivity index (χ1v) is 5.75. The van der Waals surface area contributed by atoms with Crippen LogP contribution in [-0.4, -0.2) is 14.7 Å². The van der Waals surface area contributed by atoms with Gasteiger partial charge in [-0.15, -0.1) is 0 Å². The van der Waals surface area contributed by atoms with Gasteiger partial charge in [0, 0.05) is 17.8 Å². The van der Waals surface area contributed by atoms with Crippen molar-refractivity contribution in [2.75, 3.05) is 0 Å². The number of rotatable bonds is 2. The van der Waals surface area contributed by atoms with Gasteiger partial charge in [0.25, 0.3) is 5.69 Å². The predicted octanol–water partition coefficient (Wildman–Crippen LogP) is 3.16. The molecule has 2 aromatic rings. The van der Waals surface area contributed by atoms with Gasteiger partial charge in [-0.05, 0) is 41.9 Å². The van der Waals surface area contributed by atoms with Crippen LogP contribution in [0.4, 0.5) is 5.69 Å². The van der Waals surface area contributed by atoms with Gasteiger partial charge in [-0.3, -0.25) is 10.1 Å². The fourth-order valence-electron chi connectivity index (χ4n) is 1.58. The molecule has 88 valence electrons. The van der Waals surface area contributed by atoms with E-state index in [9.17, 15) is 10.1 Å². The number of hydrogen-bond donors (Lipinski definition) is 0. The van der Waals surface area contributed by atoms with E-state index in [-0.39, 0.29) is 5.69 Å². The highest BCUT2D eigenvalue weighted by Crippen LogP contribution is 2.29. The molecule has 0 atom stereocenters.